The standard InChI is InChI=1S/C19H23N7O2S/c27-29(28,17-6-4-16(5-7-17)26-13-3-8-23-26)24-10-9-20-18-14-19(22-15-21-18)25-11-1-2-12-25/h3-8,13-15,24H,1-2,9-12H2,(H,20,21,22). The number of sulfonamides is 1. The predicted octanol–water partition coefficient (Wildman–Crippen LogP) is 1.65. The molecule has 3 aromatic rings. The van der Waals surface area contributed by atoms with Gasteiger partial charge in [0.1, 0.15) is 18.0 Å². The summed E-state index contributed by atoms with van der Waals surface area (Å²) in [6.45, 7) is 2.68. The maximum absolute atomic E-state index is 12.5. The van der Waals surface area contributed by atoms with E-state index in [-0.39, 0.29) is 11.4 Å². The molecule has 1 aliphatic heterocycles. The Morgan fingerprint density at radius 2 is 1.83 bits per heavy atom. The molecule has 29 heavy (non-hydrogen) atoms. The Kier molecular flexibility index (Phi) is 5.72. The highest BCUT2D eigenvalue weighted by Gasteiger charge is 2.15. The van der Waals surface area contributed by atoms with Crippen molar-refractivity contribution < 1.29 is 8.42 Å². The Hall–Kier alpha value is -2.98. The van der Waals surface area contributed by atoms with E-state index in [1.165, 1.54) is 19.2 Å². The number of anilines is 2. The zero-order chi connectivity index (χ0) is 20.1. The molecule has 1 fully saturated rings. The van der Waals surface area contributed by atoms with Gasteiger partial charge >= 0.3 is 0 Å². The van der Waals surface area contributed by atoms with Crippen LogP contribution in [0.5, 0.6) is 0 Å². The summed E-state index contributed by atoms with van der Waals surface area (Å²) in [6.07, 6.45) is 7.36. The van der Waals surface area contributed by atoms with Gasteiger partial charge in [-0.2, -0.15) is 5.10 Å². The van der Waals surface area contributed by atoms with Gasteiger partial charge in [-0.1, -0.05) is 0 Å². The minimum Gasteiger partial charge on any atom is -0.369 e. The van der Waals surface area contributed by atoms with Gasteiger partial charge < -0.3 is 10.2 Å². The summed E-state index contributed by atoms with van der Waals surface area (Å²) in [4.78, 5) is 11.0. The quantitative estimate of drug-likeness (QED) is 0.541. The lowest BCUT2D eigenvalue weighted by Gasteiger charge is -2.16. The van der Waals surface area contributed by atoms with E-state index >= 15 is 0 Å². The van der Waals surface area contributed by atoms with Gasteiger partial charge in [0.25, 0.3) is 0 Å². The SMILES string of the molecule is O=S(=O)(NCCNc1cc(N2CCCC2)ncn1)c1ccc(-n2cccn2)cc1. The molecule has 10 heteroatoms. The fourth-order valence-corrected chi connectivity index (χ4v) is 4.25. The minimum atomic E-state index is -3.58. The molecule has 3 heterocycles. The second-order valence-corrected chi connectivity index (χ2v) is 8.49. The van der Waals surface area contributed by atoms with E-state index in [1.54, 1.807) is 41.3 Å². The summed E-state index contributed by atoms with van der Waals surface area (Å²) in [5.41, 5.74) is 0.799. The summed E-state index contributed by atoms with van der Waals surface area (Å²) in [5.74, 6) is 1.59. The van der Waals surface area contributed by atoms with Gasteiger partial charge in [0.2, 0.25) is 10.0 Å². The molecule has 0 radical (unpaired) electrons. The number of nitrogens with zero attached hydrogens (tertiary/aromatic N) is 5. The molecule has 9 nitrogen and oxygen atoms in total. The van der Waals surface area contributed by atoms with Gasteiger partial charge in [0.15, 0.2) is 0 Å². The first kappa shape index (κ1) is 19.3. The number of nitrogens with one attached hydrogen (secondary N) is 2. The van der Waals surface area contributed by atoms with Crippen LogP contribution in [0, 0.1) is 0 Å². The van der Waals surface area contributed by atoms with Crippen LogP contribution in [0.3, 0.4) is 0 Å². The number of rotatable bonds is 8. The summed E-state index contributed by atoms with van der Waals surface area (Å²) in [6, 6.07) is 10.3. The summed E-state index contributed by atoms with van der Waals surface area (Å²) in [7, 11) is -3.58. The van der Waals surface area contributed by atoms with Crippen molar-refractivity contribution in [3.63, 3.8) is 0 Å². The van der Waals surface area contributed by atoms with Crippen molar-refractivity contribution in [2.75, 3.05) is 36.4 Å². The molecule has 1 saturated heterocycles. The molecule has 0 atom stereocenters. The van der Waals surface area contributed by atoms with Gasteiger partial charge in [-0.25, -0.2) is 27.8 Å². The molecule has 2 N–H and O–H groups in total. The molecule has 0 saturated carbocycles. The third kappa shape index (κ3) is 4.72. The largest absolute Gasteiger partial charge is 0.369 e. The number of benzene rings is 1. The van der Waals surface area contributed by atoms with Crippen LogP contribution in [-0.4, -0.2) is 54.3 Å². The van der Waals surface area contributed by atoms with Crippen molar-refractivity contribution in [2.45, 2.75) is 17.7 Å². The third-order valence-corrected chi connectivity index (χ3v) is 6.20. The Bertz CT molecular complexity index is 1030. The molecule has 152 valence electrons. The van der Waals surface area contributed by atoms with Crippen molar-refractivity contribution in [1.82, 2.24) is 24.5 Å². The molecule has 1 aliphatic rings. The third-order valence-electron chi connectivity index (χ3n) is 4.72. The Labute approximate surface area is 169 Å². The zero-order valence-electron chi connectivity index (χ0n) is 15.9. The molecule has 0 unspecified atom stereocenters. The molecule has 2 aromatic heterocycles. The summed E-state index contributed by atoms with van der Waals surface area (Å²) >= 11 is 0. The molecule has 0 spiro atoms. The molecular weight excluding hydrogens is 390 g/mol. The van der Waals surface area contributed by atoms with Gasteiger partial charge in [-0.3, -0.25) is 0 Å². The average Bonchev–Trinajstić information content (AvgIpc) is 3.46. The lowest BCUT2D eigenvalue weighted by Crippen LogP contribution is -2.29. The summed E-state index contributed by atoms with van der Waals surface area (Å²) in [5, 5.41) is 7.27. The van der Waals surface area contributed by atoms with Crippen LogP contribution >= 0.6 is 0 Å². The van der Waals surface area contributed by atoms with Gasteiger partial charge in [-0.05, 0) is 43.2 Å². The van der Waals surface area contributed by atoms with E-state index in [4.69, 9.17) is 0 Å². The number of aromatic nitrogens is 4. The first-order chi connectivity index (χ1) is 14.1. The average molecular weight is 414 g/mol. The maximum atomic E-state index is 12.5. The van der Waals surface area contributed by atoms with Gasteiger partial charge in [0, 0.05) is 44.6 Å². The Morgan fingerprint density at radius 1 is 1.03 bits per heavy atom. The number of hydrogen-bond donors (Lipinski definition) is 2. The van der Waals surface area contributed by atoms with Crippen molar-refractivity contribution in [1.29, 1.82) is 0 Å². The normalized spacial score (nSPS) is 14.3. The predicted molar refractivity (Wildman–Crippen MR) is 111 cm³/mol. The van der Waals surface area contributed by atoms with Crippen LogP contribution in [0.25, 0.3) is 5.69 Å². The highest BCUT2D eigenvalue weighted by atomic mass is 32.2. The highest BCUT2D eigenvalue weighted by molar-refractivity contribution is 7.89. The second kappa shape index (κ2) is 8.58. The second-order valence-electron chi connectivity index (χ2n) is 6.72. The fourth-order valence-electron chi connectivity index (χ4n) is 3.22. The molecule has 0 aliphatic carbocycles. The van der Waals surface area contributed by atoms with Crippen LogP contribution in [0.4, 0.5) is 11.6 Å². The van der Waals surface area contributed by atoms with E-state index < -0.39 is 10.0 Å². The van der Waals surface area contributed by atoms with E-state index in [9.17, 15) is 8.42 Å². The first-order valence-electron chi connectivity index (χ1n) is 9.52. The van der Waals surface area contributed by atoms with Crippen molar-refractivity contribution >= 4 is 21.7 Å². The minimum absolute atomic E-state index is 0.215. The van der Waals surface area contributed by atoms with Crippen molar-refractivity contribution in [2.24, 2.45) is 0 Å². The topological polar surface area (TPSA) is 105 Å². The van der Waals surface area contributed by atoms with E-state index in [1.807, 2.05) is 12.1 Å². The fraction of sp³-hybridized carbons (Fsp3) is 0.316. The Morgan fingerprint density at radius 3 is 2.55 bits per heavy atom. The van der Waals surface area contributed by atoms with Gasteiger partial charge in [0.05, 0.1) is 10.6 Å². The Balaban J connectivity index is 1.30. The van der Waals surface area contributed by atoms with Crippen LogP contribution in [0.2, 0.25) is 0 Å². The molecular formula is C19H23N7O2S. The smallest absolute Gasteiger partial charge is 0.240 e. The lowest BCUT2D eigenvalue weighted by atomic mass is 10.3. The number of hydrogen-bond acceptors (Lipinski definition) is 7. The molecule has 1 aromatic carbocycles. The maximum Gasteiger partial charge on any atom is 0.240 e. The van der Waals surface area contributed by atoms with Crippen LogP contribution in [-0.2, 0) is 10.0 Å². The lowest BCUT2D eigenvalue weighted by molar-refractivity contribution is 0.583. The van der Waals surface area contributed by atoms with Crippen LogP contribution in [0.1, 0.15) is 12.8 Å². The highest BCUT2D eigenvalue weighted by Crippen LogP contribution is 2.19. The van der Waals surface area contributed by atoms with Gasteiger partial charge in [-0.15, -0.1) is 0 Å². The van der Waals surface area contributed by atoms with E-state index in [2.05, 4.69) is 30.0 Å². The van der Waals surface area contributed by atoms with Crippen molar-refractivity contribution in [3.05, 3.63) is 55.1 Å². The van der Waals surface area contributed by atoms with Crippen LogP contribution in [0.15, 0.2) is 60.0 Å². The monoisotopic (exact) mass is 413 g/mol. The summed E-state index contributed by atoms with van der Waals surface area (Å²) < 4.78 is 29.2. The van der Waals surface area contributed by atoms with Crippen molar-refractivity contribution in [3.8, 4) is 5.69 Å². The first-order valence-corrected chi connectivity index (χ1v) is 11.0. The molecule has 4 rings (SSSR count). The zero-order valence-corrected chi connectivity index (χ0v) is 16.7. The van der Waals surface area contributed by atoms with Crippen LogP contribution < -0.4 is 14.9 Å². The molecule has 0 bridgehead atoms. The molecule has 0 amide bonds. The van der Waals surface area contributed by atoms with E-state index in [0.29, 0.717) is 12.4 Å². The van der Waals surface area contributed by atoms with E-state index in [0.717, 1.165) is 24.6 Å².